The number of nitrogens with zero attached hydrogens (tertiary/aromatic N) is 3. The number of hydrogen-bond donors (Lipinski definition) is 2. The summed E-state index contributed by atoms with van der Waals surface area (Å²) in [6.07, 6.45) is 0.385. The van der Waals surface area contributed by atoms with Gasteiger partial charge in [0.05, 0.1) is 0 Å². The maximum atomic E-state index is 10.4. The molecular formula is C10H14N4O2. The Balaban J connectivity index is 0.000000487. The predicted molar refractivity (Wildman–Crippen MR) is 60.8 cm³/mol. The van der Waals surface area contributed by atoms with Crippen molar-refractivity contribution in [2.45, 2.75) is 12.5 Å². The molecule has 0 aliphatic rings. The minimum Gasteiger partial charge on any atom is -0.480 e. The lowest BCUT2D eigenvalue weighted by Gasteiger charge is -2.04. The lowest BCUT2D eigenvalue weighted by Crippen LogP contribution is -2.32. The van der Waals surface area contributed by atoms with Crippen LogP contribution in [0, 0.1) is 0 Å². The minimum atomic E-state index is -0.959. The van der Waals surface area contributed by atoms with Gasteiger partial charge in [-0.1, -0.05) is 35.4 Å². The van der Waals surface area contributed by atoms with Crippen LogP contribution in [0.1, 0.15) is 5.56 Å². The zero-order valence-corrected chi connectivity index (χ0v) is 8.95. The molecule has 0 spiro atoms. The number of hydrogen-bond acceptors (Lipinski definition) is 3. The highest BCUT2D eigenvalue weighted by Crippen LogP contribution is 2.01. The molecule has 6 heteroatoms. The van der Waals surface area contributed by atoms with E-state index in [0.717, 1.165) is 5.56 Å². The molecule has 86 valence electrons. The number of azide groups is 1. The summed E-state index contributed by atoms with van der Waals surface area (Å²) in [7, 11) is 1.39. The molecule has 1 rings (SSSR count). The van der Waals surface area contributed by atoms with Crippen LogP contribution in [0.15, 0.2) is 35.4 Å². The summed E-state index contributed by atoms with van der Waals surface area (Å²) in [5.74, 6) is -0.959. The van der Waals surface area contributed by atoms with E-state index in [1.807, 2.05) is 30.3 Å². The quantitative estimate of drug-likeness (QED) is 0.459. The van der Waals surface area contributed by atoms with E-state index in [1.54, 1.807) is 0 Å². The SMILES string of the molecule is CN=[N+]=[N-].NC(Cc1ccccc1)C(=O)O. The van der Waals surface area contributed by atoms with E-state index in [9.17, 15) is 4.79 Å². The summed E-state index contributed by atoms with van der Waals surface area (Å²) >= 11 is 0. The molecule has 1 unspecified atom stereocenters. The average Bonchev–Trinajstić information content (AvgIpc) is 2.30. The molecule has 0 aliphatic heterocycles. The van der Waals surface area contributed by atoms with Crippen LogP contribution in [0.2, 0.25) is 0 Å². The highest BCUT2D eigenvalue weighted by atomic mass is 16.4. The van der Waals surface area contributed by atoms with Crippen molar-refractivity contribution < 1.29 is 9.90 Å². The number of carbonyl (C=O) groups is 1. The van der Waals surface area contributed by atoms with Gasteiger partial charge in [-0.05, 0) is 17.5 Å². The van der Waals surface area contributed by atoms with Crippen LogP contribution >= 0.6 is 0 Å². The van der Waals surface area contributed by atoms with E-state index < -0.39 is 12.0 Å². The Morgan fingerprint density at radius 3 is 2.44 bits per heavy atom. The summed E-state index contributed by atoms with van der Waals surface area (Å²) in [4.78, 5) is 12.7. The van der Waals surface area contributed by atoms with Crippen LogP contribution in [-0.2, 0) is 11.2 Å². The van der Waals surface area contributed by atoms with Crippen molar-refractivity contribution in [3.05, 3.63) is 46.3 Å². The van der Waals surface area contributed by atoms with Gasteiger partial charge in [0.15, 0.2) is 0 Å². The minimum absolute atomic E-state index is 0.385. The van der Waals surface area contributed by atoms with E-state index in [0.29, 0.717) is 6.42 Å². The molecule has 0 aliphatic carbocycles. The van der Waals surface area contributed by atoms with Gasteiger partial charge in [0.2, 0.25) is 0 Å². The van der Waals surface area contributed by atoms with Crippen molar-refractivity contribution in [3.8, 4) is 0 Å². The maximum Gasteiger partial charge on any atom is 0.320 e. The van der Waals surface area contributed by atoms with Crippen LogP contribution in [0.5, 0.6) is 0 Å². The monoisotopic (exact) mass is 222 g/mol. The Morgan fingerprint density at radius 1 is 1.56 bits per heavy atom. The van der Waals surface area contributed by atoms with E-state index in [-0.39, 0.29) is 0 Å². The molecule has 3 N–H and O–H groups in total. The molecule has 0 saturated heterocycles. The zero-order chi connectivity index (χ0) is 12.4. The van der Waals surface area contributed by atoms with Crippen molar-refractivity contribution in [2.75, 3.05) is 7.05 Å². The van der Waals surface area contributed by atoms with Gasteiger partial charge < -0.3 is 10.8 Å². The van der Waals surface area contributed by atoms with Gasteiger partial charge >= 0.3 is 5.97 Å². The molecular weight excluding hydrogens is 208 g/mol. The van der Waals surface area contributed by atoms with Crippen molar-refractivity contribution >= 4 is 5.97 Å². The van der Waals surface area contributed by atoms with Gasteiger partial charge in [-0.15, -0.1) is 0 Å². The van der Waals surface area contributed by atoms with Gasteiger partial charge in [-0.2, -0.15) is 0 Å². The second kappa shape index (κ2) is 8.28. The van der Waals surface area contributed by atoms with Crippen LogP contribution in [0.4, 0.5) is 0 Å². The first-order valence-electron chi connectivity index (χ1n) is 4.57. The molecule has 1 atom stereocenters. The molecule has 1 aromatic carbocycles. The molecule has 0 fully saturated rings. The summed E-state index contributed by atoms with van der Waals surface area (Å²) in [6, 6.07) is 8.54. The van der Waals surface area contributed by atoms with Gasteiger partial charge in [-0.25, -0.2) is 0 Å². The van der Waals surface area contributed by atoms with Crippen LogP contribution in [0.25, 0.3) is 10.4 Å². The molecule has 0 radical (unpaired) electrons. The number of aliphatic carboxylic acids is 1. The van der Waals surface area contributed by atoms with Crippen molar-refractivity contribution in [3.63, 3.8) is 0 Å². The predicted octanol–water partition coefficient (Wildman–Crippen LogP) is 1.57. The van der Waals surface area contributed by atoms with Crippen LogP contribution in [-0.4, -0.2) is 24.2 Å². The molecule has 0 saturated carbocycles. The first-order valence-corrected chi connectivity index (χ1v) is 4.57. The molecule has 0 heterocycles. The summed E-state index contributed by atoms with van der Waals surface area (Å²) in [6.45, 7) is 0. The fourth-order valence-corrected chi connectivity index (χ4v) is 0.955. The summed E-state index contributed by atoms with van der Waals surface area (Å²) in [5, 5.41) is 11.4. The normalized spacial score (nSPS) is 10.4. The number of nitrogens with two attached hydrogens (primary N) is 1. The van der Waals surface area contributed by atoms with Crippen molar-refractivity contribution in [1.82, 2.24) is 0 Å². The second-order valence-corrected chi connectivity index (χ2v) is 2.92. The Hall–Kier alpha value is -2.04. The van der Waals surface area contributed by atoms with Gasteiger partial charge in [0, 0.05) is 12.0 Å². The van der Waals surface area contributed by atoms with E-state index >= 15 is 0 Å². The maximum absolute atomic E-state index is 10.4. The lowest BCUT2D eigenvalue weighted by atomic mass is 10.1. The topological polar surface area (TPSA) is 112 Å². The van der Waals surface area contributed by atoms with E-state index in [2.05, 4.69) is 10.0 Å². The molecule has 16 heavy (non-hydrogen) atoms. The summed E-state index contributed by atoms with van der Waals surface area (Å²) < 4.78 is 0. The Bertz CT molecular complexity index is 360. The number of carboxylic acid groups (broad SMARTS) is 1. The molecule has 6 nitrogen and oxygen atoms in total. The van der Waals surface area contributed by atoms with Crippen LogP contribution in [0.3, 0.4) is 0 Å². The largest absolute Gasteiger partial charge is 0.480 e. The van der Waals surface area contributed by atoms with Gasteiger partial charge in [0.25, 0.3) is 0 Å². The van der Waals surface area contributed by atoms with Gasteiger partial charge in [0.1, 0.15) is 6.04 Å². The van der Waals surface area contributed by atoms with Crippen LogP contribution < -0.4 is 5.73 Å². The van der Waals surface area contributed by atoms with Gasteiger partial charge in [-0.3, -0.25) is 4.79 Å². The first kappa shape index (κ1) is 14.0. The molecule has 1 aromatic rings. The number of rotatable bonds is 3. The second-order valence-electron chi connectivity index (χ2n) is 2.92. The Kier molecular flexibility index (Phi) is 7.23. The fraction of sp³-hybridized carbons (Fsp3) is 0.300. The highest BCUT2D eigenvalue weighted by Gasteiger charge is 2.10. The average molecular weight is 222 g/mol. The third-order valence-corrected chi connectivity index (χ3v) is 1.71. The third-order valence-electron chi connectivity index (χ3n) is 1.71. The van der Waals surface area contributed by atoms with Crippen molar-refractivity contribution in [2.24, 2.45) is 10.8 Å². The Morgan fingerprint density at radius 2 is 2.06 bits per heavy atom. The van der Waals surface area contributed by atoms with Crippen molar-refractivity contribution in [1.29, 1.82) is 0 Å². The third kappa shape index (κ3) is 6.42. The fourth-order valence-electron chi connectivity index (χ4n) is 0.955. The van der Waals surface area contributed by atoms with E-state index in [4.69, 9.17) is 16.4 Å². The smallest absolute Gasteiger partial charge is 0.320 e. The Labute approximate surface area is 93.3 Å². The molecule has 0 aromatic heterocycles. The number of carboxylic acids is 1. The first-order chi connectivity index (χ1) is 7.61. The number of benzene rings is 1. The molecule has 0 amide bonds. The summed E-state index contributed by atoms with van der Waals surface area (Å²) in [5.41, 5.74) is 13.6. The standard InChI is InChI=1S/C9H11NO2.CH3N3/c10-8(9(11)12)6-7-4-2-1-3-5-7;1-3-4-2/h1-5,8H,6,10H2,(H,11,12);1H3. The van der Waals surface area contributed by atoms with E-state index in [1.165, 1.54) is 7.05 Å². The molecule has 0 bridgehead atoms. The lowest BCUT2D eigenvalue weighted by molar-refractivity contribution is -0.138. The highest BCUT2D eigenvalue weighted by molar-refractivity contribution is 5.73. The zero-order valence-electron chi connectivity index (χ0n) is 8.95.